The predicted molar refractivity (Wildman–Crippen MR) is 61.4 cm³/mol. The number of thiol groups is 1. The highest BCUT2D eigenvalue weighted by Crippen LogP contribution is 2.14. The Morgan fingerprint density at radius 3 is 2.87 bits per heavy atom. The van der Waals surface area contributed by atoms with Crippen LogP contribution in [0.3, 0.4) is 0 Å². The molecule has 2 rings (SSSR count). The zero-order chi connectivity index (χ0) is 10.8. The van der Waals surface area contributed by atoms with Crippen molar-refractivity contribution in [1.82, 2.24) is 4.57 Å². The van der Waals surface area contributed by atoms with Crippen LogP contribution in [0.2, 0.25) is 0 Å². The van der Waals surface area contributed by atoms with Crippen molar-refractivity contribution in [1.29, 1.82) is 0 Å². The summed E-state index contributed by atoms with van der Waals surface area (Å²) in [6.45, 7) is 2.82. The van der Waals surface area contributed by atoms with Crippen molar-refractivity contribution in [3.63, 3.8) is 0 Å². The molecule has 1 aromatic rings. The fourth-order valence-corrected chi connectivity index (χ4v) is 2.50. The molecule has 0 radical (unpaired) electrons. The second kappa shape index (κ2) is 4.39. The molecule has 1 heterocycles. The number of aryl methyl sites for hydroxylation is 1. The first-order chi connectivity index (χ1) is 7.24. The molecule has 0 aromatic carbocycles. The molecule has 1 N–H and O–H groups in total. The van der Waals surface area contributed by atoms with E-state index in [1.807, 2.05) is 0 Å². The van der Waals surface area contributed by atoms with E-state index in [-0.39, 0.29) is 5.56 Å². The molecule has 0 atom stereocenters. The average Bonchev–Trinajstić information content (AvgIpc) is 2.24. The number of nitrogens with zero attached hydrogens (tertiary/aromatic N) is 1. The first-order valence-corrected chi connectivity index (χ1v) is 6.05. The van der Waals surface area contributed by atoms with E-state index in [0.29, 0.717) is 5.16 Å². The van der Waals surface area contributed by atoms with Crippen LogP contribution in [0, 0.1) is 0 Å². The van der Waals surface area contributed by atoms with E-state index in [4.69, 9.17) is 0 Å². The maximum absolute atomic E-state index is 12.1. The minimum atomic E-state index is 0.162. The van der Waals surface area contributed by atoms with Gasteiger partial charge in [-0.1, -0.05) is 19.6 Å². The van der Waals surface area contributed by atoms with Crippen LogP contribution in [0.1, 0.15) is 37.4 Å². The van der Waals surface area contributed by atoms with Gasteiger partial charge in [-0.05, 0) is 25.7 Å². The van der Waals surface area contributed by atoms with Crippen LogP contribution in [0.15, 0.2) is 9.95 Å². The smallest absolute Gasteiger partial charge is 0.241 e. The Morgan fingerprint density at radius 2 is 2.13 bits per heavy atom. The lowest BCUT2D eigenvalue weighted by molar-refractivity contribution is -0.450. The van der Waals surface area contributed by atoms with Gasteiger partial charge in [0.15, 0.2) is 0 Å². The maximum atomic E-state index is 12.1. The van der Waals surface area contributed by atoms with Gasteiger partial charge in [0, 0.05) is 6.42 Å². The zero-order valence-electron chi connectivity index (χ0n) is 9.05. The fraction of sp³-hybridized carbons (Fsp3) is 0.636. The molecule has 0 spiro atoms. The third kappa shape index (κ3) is 1.95. The number of nitrogens with one attached hydrogen (secondary N) is 1. The van der Waals surface area contributed by atoms with Gasteiger partial charge in [-0.3, -0.25) is 0 Å². The number of aromatic amines is 1. The summed E-state index contributed by atoms with van der Waals surface area (Å²) in [6, 6.07) is 0. The van der Waals surface area contributed by atoms with Gasteiger partial charge in [-0.2, -0.15) is 4.57 Å². The third-order valence-electron chi connectivity index (χ3n) is 2.94. The lowest BCUT2D eigenvalue weighted by atomic mass is 9.97. The molecular weight excluding hydrogens is 208 g/mol. The monoisotopic (exact) mass is 225 g/mol. The van der Waals surface area contributed by atoms with Gasteiger partial charge in [0.25, 0.3) is 0 Å². The van der Waals surface area contributed by atoms with Crippen LogP contribution in [-0.2, 0) is 19.4 Å². The molecular formula is C11H17N2OS+. The van der Waals surface area contributed by atoms with Crippen LogP contribution in [0.5, 0.6) is 0 Å². The van der Waals surface area contributed by atoms with Gasteiger partial charge < -0.3 is 0 Å². The molecule has 0 saturated heterocycles. The van der Waals surface area contributed by atoms with Crippen LogP contribution >= 0.6 is 12.6 Å². The van der Waals surface area contributed by atoms with Crippen LogP contribution in [-0.4, -0.2) is 4.57 Å². The highest BCUT2D eigenvalue weighted by molar-refractivity contribution is 7.79. The average molecular weight is 225 g/mol. The van der Waals surface area contributed by atoms with Crippen molar-refractivity contribution >= 4 is 12.6 Å². The molecule has 4 heteroatoms. The normalized spacial score (nSPS) is 15.1. The van der Waals surface area contributed by atoms with Crippen molar-refractivity contribution in [2.75, 3.05) is 0 Å². The summed E-state index contributed by atoms with van der Waals surface area (Å²) in [5.74, 6) is 0. The highest BCUT2D eigenvalue weighted by atomic mass is 32.1. The SMILES string of the molecule is CCCn1c(S)[nH+]c2c(c1=O)CCCC2. The molecule has 1 aliphatic rings. The van der Waals surface area contributed by atoms with E-state index < -0.39 is 0 Å². The predicted octanol–water partition coefficient (Wildman–Crippen LogP) is 1.24. The van der Waals surface area contributed by atoms with Crippen LogP contribution in [0.4, 0.5) is 0 Å². The molecule has 0 aliphatic heterocycles. The summed E-state index contributed by atoms with van der Waals surface area (Å²) in [5, 5.41) is 0.697. The van der Waals surface area contributed by atoms with Gasteiger partial charge >= 0.3 is 10.7 Å². The second-order valence-corrected chi connectivity index (χ2v) is 4.49. The molecule has 82 valence electrons. The van der Waals surface area contributed by atoms with E-state index >= 15 is 0 Å². The molecule has 0 amide bonds. The second-order valence-electron chi connectivity index (χ2n) is 4.07. The molecule has 0 unspecified atom stereocenters. The van der Waals surface area contributed by atoms with Gasteiger partial charge in [-0.25, -0.2) is 9.78 Å². The minimum absolute atomic E-state index is 0.162. The van der Waals surface area contributed by atoms with Crippen LogP contribution < -0.4 is 10.5 Å². The van der Waals surface area contributed by atoms with Crippen molar-refractivity contribution in [2.45, 2.75) is 50.7 Å². The Kier molecular flexibility index (Phi) is 3.14. The van der Waals surface area contributed by atoms with Crippen LogP contribution in [0.25, 0.3) is 0 Å². The quantitative estimate of drug-likeness (QED) is 0.596. The first kappa shape index (κ1) is 10.7. The number of H-pyrrole nitrogens is 1. The largest absolute Gasteiger partial charge is 0.341 e. The summed E-state index contributed by atoms with van der Waals surface area (Å²) in [6.07, 6.45) is 5.18. The van der Waals surface area contributed by atoms with E-state index in [1.165, 1.54) is 6.42 Å². The maximum Gasteiger partial charge on any atom is 0.341 e. The Labute approximate surface area is 94.9 Å². The molecule has 1 aromatic heterocycles. The summed E-state index contributed by atoms with van der Waals surface area (Å²) in [7, 11) is 0. The Balaban J connectivity index is 2.54. The van der Waals surface area contributed by atoms with Gasteiger partial charge in [0.2, 0.25) is 0 Å². The standard InChI is InChI=1S/C11H16N2OS/c1-2-7-13-10(14)8-5-3-4-6-9(8)12-11(13)15/h2-7H2,1H3,(H,12,15)/p+1. The number of fused-ring (bicyclic) bond motifs is 1. The molecule has 15 heavy (non-hydrogen) atoms. The summed E-state index contributed by atoms with van der Waals surface area (Å²) in [4.78, 5) is 15.4. The number of hydrogen-bond acceptors (Lipinski definition) is 2. The van der Waals surface area contributed by atoms with Crippen molar-refractivity contribution in [3.8, 4) is 0 Å². The Hall–Kier alpha value is -0.770. The van der Waals surface area contributed by atoms with E-state index in [9.17, 15) is 4.79 Å². The lowest BCUT2D eigenvalue weighted by Gasteiger charge is -2.12. The number of rotatable bonds is 2. The molecule has 1 aliphatic carbocycles. The Bertz CT molecular complexity index is 425. The summed E-state index contributed by atoms with van der Waals surface area (Å²) < 4.78 is 1.74. The summed E-state index contributed by atoms with van der Waals surface area (Å²) >= 11 is 4.34. The minimum Gasteiger partial charge on any atom is -0.241 e. The number of hydrogen-bond donors (Lipinski definition) is 1. The van der Waals surface area contributed by atoms with Crippen molar-refractivity contribution in [2.24, 2.45) is 0 Å². The lowest BCUT2D eigenvalue weighted by Crippen LogP contribution is -2.36. The van der Waals surface area contributed by atoms with E-state index in [2.05, 4.69) is 24.5 Å². The third-order valence-corrected chi connectivity index (χ3v) is 3.29. The van der Waals surface area contributed by atoms with Gasteiger partial charge in [0.1, 0.15) is 5.69 Å². The van der Waals surface area contributed by atoms with Gasteiger partial charge in [0.05, 0.1) is 12.1 Å². The zero-order valence-corrected chi connectivity index (χ0v) is 9.94. The summed E-state index contributed by atoms with van der Waals surface area (Å²) in [5.41, 5.74) is 2.24. The van der Waals surface area contributed by atoms with E-state index in [0.717, 1.165) is 43.5 Å². The first-order valence-electron chi connectivity index (χ1n) is 5.61. The number of aromatic nitrogens is 2. The topological polar surface area (TPSA) is 36.1 Å². The van der Waals surface area contributed by atoms with Gasteiger partial charge in [-0.15, -0.1) is 0 Å². The highest BCUT2D eigenvalue weighted by Gasteiger charge is 2.22. The molecule has 3 nitrogen and oxygen atoms in total. The molecule has 0 saturated carbocycles. The van der Waals surface area contributed by atoms with Crippen molar-refractivity contribution < 1.29 is 4.98 Å². The van der Waals surface area contributed by atoms with E-state index in [1.54, 1.807) is 4.57 Å². The molecule has 0 bridgehead atoms. The molecule has 0 fully saturated rings. The Morgan fingerprint density at radius 1 is 1.40 bits per heavy atom. The fourth-order valence-electron chi connectivity index (χ4n) is 2.17. The van der Waals surface area contributed by atoms with Crippen molar-refractivity contribution in [3.05, 3.63) is 21.6 Å².